The van der Waals surface area contributed by atoms with Gasteiger partial charge in [-0.2, -0.15) is 0 Å². The summed E-state index contributed by atoms with van der Waals surface area (Å²) in [5, 5.41) is 3.22. The van der Waals surface area contributed by atoms with Gasteiger partial charge in [-0.05, 0) is 25.8 Å². The van der Waals surface area contributed by atoms with Gasteiger partial charge in [-0.1, -0.05) is 0 Å². The number of rotatable bonds is 5. The number of ether oxygens (including phenoxy) is 1. The predicted molar refractivity (Wildman–Crippen MR) is 62.1 cm³/mol. The van der Waals surface area contributed by atoms with Crippen molar-refractivity contribution in [1.82, 2.24) is 9.97 Å². The number of hydrogen-bond donors (Lipinski definition) is 2. The Hall–Kier alpha value is -1.20. The Kier molecular flexibility index (Phi) is 4.07. The van der Waals surface area contributed by atoms with Crippen LogP contribution in [0.25, 0.3) is 0 Å². The fourth-order valence-corrected chi connectivity index (χ4v) is 1.77. The molecular formula is C11H18N4O. The van der Waals surface area contributed by atoms with E-state index in [4.69, 9.17) is 10.5 Å². The van der Waals surface area contributed by atoms with Crippen LogP contribution in [0.5, 0.6) is 0 Å². The lowest BCUT2D eigenvalue weighted by Crippen LogP contribution is -2.10. The fraction of sp³-hybridized carbons (Fsp3) is 0.636. The maximum atomic E-state index is 5.58. The minimum atomic E-state index is 0.151. The Morgan fingerprint density at radius 3 is 3.19 bits per heavy atom. The van der Waals surface area contributed by atoms with Crippen LogP contribution in [0.1, 0.15) is 31.1 Å². The van der Waals surface area contributed by atoms with Crippen LogP contribution >= 0.6 is 0 Å². The van der Waals surface area contributed by atoms with E-state index in [2.05, 4.69) is 15.3 Å². The Balaban J connectivity index is 1.95. The van der Waals surface area contributed by atoms with E-state index in [0.717, 1.165) is 43.9 Å². The standard InChI is InChI=1S/C11H18N4O/c12-4-2-5-13-11-7-9(14-8-15-11)10-3-1-6-16-10/h7-8,10H,1-6,12H2,(H,13,14,15). The summed E-state index contributed by atoms with van der Waals surface area (Å²) in [6.07, 6.45) is 4.85. The Labute approximate surface area is 95.4 Å². The lowest BCUT2D eigenvalue weighted by atomic mass is 10.2. The summed E-state index contributed by atoms with van der Waals surface area (Å²) in [4.78, 5) is 8.41. The zero-order chi connectivity index (χ0) is 11.2. The van der Waals surface area contributed by atoms with Crippen molar-refractivity contribution in [2.45, 2.75) is 25.4 Å². The highest BCUT2D eigenvalue weighted by atomic mass is 16.5. The van der Waals surface area contributed by atoms with E-state index < -0.39 is 0 Å². The molecule has 2 heterocycles. The van der Waals surface area contributed by atoms with E-state index in [1.54, 1.807) is 6.33 Å². The molecule has 1 aliphatic rings. The van der Waals surface area contributed by atoms with Crippen LogP contribution in [-0.4, -0.2) is 29.7 Å². The summed E-state index contributed by atoms with van der Waals surface area (Å²) in [5.41, 5.74) is 6.40. The minimum Gasteiger partial charge on any atom is -0.372 e. The number of anilines is 1. The third-order valence-corrected chi connectivity index (χ3v) is 2.63. The molecule has 5 nitrogen and oxygen atoms in total. The van der Waals surface area contributed by atoms with Crippen molar-refractivity contribution in [3.05, 3.63) is 18.1 Å². The number of hydrogen-bond acceptors (Lipinski definition) is 5. The number of aromatic nitrogens is 2. The first kappa shape index (κ1) is 11.3. The molecular weight excluding hydrogens is 204 g/mol. The molecule has 1 aromatic heterocycles. The third-order valence-electron chi connectivity index (χ3n) is 2.63. The Bertz CT molecular complexity index is 326. The zero-order valence-electron chi connectivity index (χ0n) is 9.35. The highest BCUT2D eigenvalue weighted by Crippen LogP contribution is 2.27. The smallest absolute Gasteiger partial charge is 0.129 e. The van der Waals surface area contributed by atoms with Crippen LogP contribution in [0, 0.1) is 0 Å². The molecule has 5 heteroatoms. The van der Waals surface area contributed by atoms with Crippen molar-refractivity contribution < 1.29 is 4.74 Å². The van der Waals surface area contributed by atoms with Crippen molar-refractivity contribution in [3.8, 4) is 0 Å². The van der Waals surface area contributed by atoms with Crippen molar-refractivity contribution in [1.29, 1.82) is 0 Å². The minimum absolute atomic E-state index is 0.151. The fourth-order valence-electron chi connectivity index (χ4n) is 1.77. The summed E-state index contributed by atoms with van der Waals surface area (Å²) in [5.74, 6) is 0.856. The summed E-state index contributed by atoms with van der Waals surface area (Å²) in [6, 6.07) is 1.96. The van der Waals surface area contributed by atoms with Gasteiger partial charge in [-0.3, -0.25) is 0 Å². The summed E-state index contributed by atoms with van der Waals surface area (Å²) < 4.78 is 5.58. The molecule has 0 radical (unpaired) electrons. The molecule has 3 N–H and O–H groups in total. The Morgan fingerprint density at radius 2 is 2.44 bits per heavy atom. The van der Waals surface area contributed by atoms with Crippen molar-refractivity contribution >= 4 is 5.82 Å². The van der Waals surface area contributed by atoms with Crippen molar-refractivity contribution in [2.24, 2.45) is 5.73 Å². The molecule has 0 aromatic carbocycles. The van der Waals surface area contributed by atoms with Crippen LogP contribution in [0.3, 0.4) is 0 Å². The van der Waals surface area contributed by atoms with E-state index in [9.17, 15) is 0 Å². The molecule has 1 unspecified atom stereocenters. The molecule has 1 saturated heterocycles. The highest BCUT2D eigenvalue weighted by Gasteiger charge is 2.19. The number of nitrogens with one attached hydrogen (secondary N) is 1. The quantitative estimate of drug-likeness (QED) is 0.729. The van der Waals surface area contributed by atoms with Gasteiger partial charge in [-0.15, -0.1) is 0 Å². The van der Waals surface area contributed by atoms with Crippen LogP contribution < -0.4 is 11.1 Å². The van der Waals surface area contributed by atoms with Gasteiger partial charge in [0.05, 0.1) is 11.8 Å². The normalized spacial score (nSPS) is 19.9. The van der Waals surface area contributed by atoms with Gasteiger partial charge < -0.3 is 15.8 Å². The maximum absolute atomic E-state index is 5.58. The molecule has 1 fully saturated rings. The summed E-state index contributed by atoms with van der Waals surface area (Å²) >= 11 is 0. The molecule has 88 valence electrons. The predicted octanol–water partition coefficient (Wildman–Crippen LogP) is 1.09. The molecule has 1 aromatic rings. The molecule has 0 aliphatic carbocycles. The lowest BCUT2D eigenvalue weighted by molar-refractivity contribution is 0.108. The Morgan fingerprint density at radius 1 is 1.50 bits per heavy atom. The van der Waals surface area contributed by atoms with E-state index in [-0.39, 0.29) is 6.10 Å². The first-order valence-corrected chi connectivity index (χ1v) is 5.77. The topological polar surface area (TPSA) is 73.1 Å². The van der Waals surface area contributed by atoms with E-state index in [1.807, 2.05) is 6.07 Å². The van der Waals surface area contributed by atoms with Crippen molar-refractivity contribution in [3.63, 3.8) is 0 Å². The van der Waals surface area contributed by atoms with Gasteiger partial charge in [0, 0.05) is 19.2 Å². The molecule has 0 bridgehead atoms. The number of nitrogens with two attached hydrogens (primary N) is 1. The second kappa shape index (κ2) is 5.77. The molecule has 0 amide bonds. The molecule has 1 aliphatic heterocycles. The van der Waals surface area contributed by atoms with Gasteiger partial charge >= 0.3 is 0 Å². The van der Waals surface area contributed by atoms with E-state index in [0.29, 0.717) is 6.54 Å². The monoisotopic (exact) mass is 222 g/mol. The molecule has 2 rings (SSSR count). The second-order valence-electron chi connectivity index (χ2n) is 3.90. The van der Waals surface area contributed by atoms with Gasteiger partial charge in [-0.25, -0.2) is 9.97 Å². The summed E-state index contributed by atoms with van der Waals surface area (Å²) in [6.45, 7) is 2.37. The average Bonchev–Trinajstić information content (AvgIpc) is 2.83. The SMILES string of the molecule is NCCCNc1cc(C2CCCO2)ncn1. The lowest BCUT2D eigenvalue weighted by Gasteiger charge is -2.10. The van der Waals surface area contributed by atoms with E-state index in [1.165, 1.54) is 0 Å². The van der Waals surface area contributed by atoms with Gasteiger partial charge in [0.2, 0.25) is 0 Å². The highest BCUT2D eigenvalue weighted by molar-refractivity contribution is 5.35. The van der Waals surface area contributed by atoms with Crippen molar-refractivity contribution in [2.75, 3.05) is 25.0 Å². The molecule has 16 heavy (non-hydrogen) atoms. The molecule has 0 spiro atoms. The largest absolute Gasteiger partial charge is 0.372 e. The third kappa shape index (κ3) is 2.90. The van der Waals surface area contributed by atoms with Gasteiger partial charge in [0.1, 0.15) is 12.1 Å². The molecule has 1 atom stereocenters. The van der Waals surface area contributed by atoms with Crippen LogP contribution in [-0.2, 0) is 4.74 Å². The first-order valence-electron chi connectivity index (χ1n) is 5.77. The average molecular weight is 222 g/mol. The van der Waals surface area contributed by atoms with E-state index >= 15 is 0 Å². The number of nitrogens with zero attached hydrogens (tertiary/aromatic N) is 2. The molecule has 0 saturated carbocycles. The van der Waals surface area contributed by atoms with Gasteiger partial charge in [0.15, 0.2) is 0 Å². The second-order valence-corrected chi connectivity index (χ2v) is 3.90. The van der Waals surface area contributed by atoms with Crippen LogP contribution in [0.4, 0.5) is 5.82 Å². The summed E-state index contributed by atoms with van der Waals surface area (Å²) in [7, 11) is 0. The first-order chi connectivity index (χ1) is 7.90. The van der Waals surface area contributed by atoms with Crippen LogP contribution in [0.2, 0.25) is 0 Å². The maximum Gasteiger partial charge on any atom is 0.129 e. The van der Waals surface area contributed by atoms with Crippen LogP contribution in [0.15, 0.2) is 12.4 Å². The van der Waals surface area contributed by atoms with Gasteiger partial charge in [0.25, 0.3) is 0 Å². The zero-order valence-corrected chi connectivity index (χ0v) is 9.35.